The molecule has 11 heteroatoms. The molecule has 0 fully saturated rings. The van der Waals surface area contributed by atoms with Crippen LogP contribution in [0, 0.1) is 23.6 Å². The molecule has 0 aliphatic heterocycles. The molecule has 35 heavy (non-hydrogen) atoms. The number of rotatable bonds is 6. The number of hydrogen-bond acceptors (Lipinski definition) is 6. The number of halogens is 4. The predicted molar refractivity (Wildman–Crippen MR) is 119 cm³/mol. The molecule has 1 amide bonds. The van der Waals surface area contributed by atoms with Crippen LogP contribution in [0.4, 0.5) is 29.1 Å². The molecule has 180 valence electrons. The van der Waals surface area contributed by atoms with E-state index in [2.05, 4.69) is 31.9 Å². The van der Waals surface area contributed by atoms with Gasteiger partial charge in [0.05, 0.1) is 24.3 Å². The molecule has 0 radical (unpaired) electrons. The fourth-order valence-corrected chi connectivity index (χ4v) is 3.09. The number of hydrogen-bond donors (Lipinski definition) is 2. The van der Waals surface area contributed by atoms with Gasteiger partial charge in [0.15, 0.2) is 0 Å². The summed E-state index contributed by atoms with van der Waals surface area (Å²) >= 11 is 0. The standard InChI is InChI=1S/C24H18F4N4O3/c1-35-24(34)17-12-20(28)31-18(22(17)29)7-2-13-8-9-30-21(10-13)32-23(33)16(11-19(26)27)14-3-5-15(25)6-4-14/h3-6,8-10,12,16,19H,11,29H2,1H3,(H,30,32,33)/t16-/m1/s1. The molecule has 0 saturated heterocycles. The summed E-state index contributed by atoms with van der Waals surface area (Å²) in [6.07, 6.45) is -2.24. The van der Waals surface area contributed by atoms with Gasteiger partial charge < -0.3 is 15.8 Å². The van der Waals surface area contributed by atoms with Gasteiger partial charge in [0.2, 0.25) is 18.3 Å². The summed E-state index contributed by atoms with van der Waals surface area (Å²) in [7, 11) is 1.11. The number of nitrogens with zero attached hydrogens (tertiary/aromatic N) is 2. The number of alkyl halides is 2. The van der Waals surface area contributed by atoms with Crippen LogP contribution < -0.4 is 11.1 Å². The summed E-state index contributed by atoms with van der Waals surface area (Å²) in [6.45, 7) is 0. The SMILES string of the molecule is COC(=O)c1cc(F)nc(C#Cc2ccnc(NC(=O)[C@H](CC(F)F)c3ccc(F)cc3)c2)c1N. The van der Waals surface area contributed by atoms with Crippen LogP contribution in [0.5, 0.6) is 0 Å². The fourth-order valence-electron chi connectivity index (χ4n) is 3.09. The second-order valence-corrected chi connectivity index (χ2v) is 7.15. The Kier molecular flexibility index (Phi) is 7.99. The number of amides is 1. The Morgan fingerprint density at radius 1 is 1.11 bits per heavy atom. The van der Waals surface area contributed by atoms with E-state index in [1.165, 1.54) is 30.5 Å². The Bertz CT molecular complexity index is 1300. The summed E-state index contributed by atoms with van der Waals surface area (Å²) < 4.78 is 57.7. The molecule has 2 aromatic heterocycles. The van der Waals surface area contributed by atoms with Crippen molar-refractivity contribution in [2.24, 2.45) is 0 Å². The van der Waals surface area contributed by atoms with Gasteiger partial charge in [0.25, 0.3) is 0 Å². The normalized spacial score (nSPS) is 11.4. The third kappa shape index (κ3) is 6.54. The van der Waals surface area contributed by atoms with Crippen molar-refractivity contribution in [3.8, 4) is 11.8 Å². The number of ether oxygens (including phenoxy) is 1. The highest BCUT2D eigenvalue weighted by Crippen LogP contribution is 2.25. The summed E-state index contributed by atoms with van der Waals surface area (Å²) in [5.74, 6) is 0.781. The number of carbonyl (C=O) groups excluding carboxylic acids is 2. The highest BCUT2D eigenvalue weighted by Gasteiger charge is 2.25. The van der Waals surface area contributed by atoms with Gasteiger partial charge in [0, 0.05) is 24.2 Å². The molecule has 0 spiro atoms. The molecule has 3 N–H and O–H groups in total. The second-order valence-electron chi connectivity index (χ2n) is 7.15. The zero-order chi connectivity index (χ0) is 25.5. The van der Waals surface area contributed by atoms with E-state index in [0.717, 1.165) is 25.3 Å². The van der Waals surface area contributed by atoms with Crippen molar-refractivity contribution in [3.63, 3.8) is 0 Å². The number of aromatic nitrogens is 2. The summed E-state index contributed by atoms with van der Waals surface area (Å²) in [5.41, 5.74) is 5.73. The van der Waals surface area contributed by atoms with Gasteiger partial charge in [-0.3, -0.25) is 4.79 Å². The quantitative estimate of drug-likeness (QED) is 0.237. The Labute approximate surface area is 197 Å². The number of methoxy groups -OCH3 is 1. The summed E-state index contributed by atoms with van der Waals surface area (Å²) in [4.78, 5) is 32.0. The molecule has 0 unspecified atom stereocenters. The molecule has 7 nitrogen and oxygen atoms in total. The molecular weight excluding hydrogens is 468 g/mol. The number of carbonyl (C=O) groups is 2. The first kappa shape index (κ1) is 25.2. The lowest BCUT2D eigenvalue weighted by molar-refractivity contribution is -0.118. The molecular formula is C24H18F4N4O3. The zero-order valence-corrected chi connectivity index (χ0v) is 18.2. The van der Waals surface area contributed by atoms with Crippen LogP contribution in [0.3, 0.4) is 0 Å². The van der Waals surface area contributed by atoms with Crippen molar-refractivity contribution < 1.29 is 31.9 Å². The van der Waals surface area contributed by atoms with Crippen molar-refractivity contribution in [1.82, 2.24) is 9.97 Å². The maximum absolute atomic E-state index is 13.8. The maximum atomic E-state index is 13.8. The summed E-state index contributed by atoms with van der Waals surface area (Å²) in [5, 5.41) is 2.44. The predicted octanol–water partition coefficient (Wildman–Crippen LogP) is 3.90. The molecule has 1 aromatic carbocycles. The van der Waals surface area contributed by atoms with E-state index in [1.807, 2.05) is 0 Å². The Morgan fingerprint density at radius 3 is 2.49 bits per heavy atom. The van der Waals surface area contributed by atoms with E-state index in [1.54, 1.807) is 0 Å². The van der Waals surface area contributed by atoms with Gasteiger partial charge in [-0.1, -0.05) is 18.1 Å². The van der Waals surface area contributed by atoms with E-state index in [9.17, 15) is 27.2 Å². The number of anilines is 2. The average Bonchev–Trinajstić information content (AvgIpc) is 2.83. The van der Waals surface area contributed by atoms with Crippen LogP contribution in [-0.4, -0.2) is 35.4 Å². The van der Waals surface area contributed by atoms with Gasteiger partial charge in [-0.25, -0.2) is 27.9 Å². The number of nitrogens with two attached hydrogens (primary N) is 1. The molecule has 0 aliphatic rings. The van der Waals surface area contributed by atoms with Gasteiger partial charge in [0.1, 0.15) is 17.3 Å². The van der Waals surface area contributed by atoms with Crippen LogP contribution in [0.1, 0.15) is 39.5 Å². The first-order valence-corrected chi connectivity index (χ1v) is 10.0. The Balaban J connectivity index is 1.84. The van der Waals surface area contributed by atoms with Gasteiger partial charge in [-0.2, -0.15) is 4.39 Å². The maximum Gasteiger partial charge on any atom is 0.340 e. The van der Waals surface area contributed by atoms with E-state index in [0.29, 0.717) is 5.56 Å². The van der Waals surface area contributed by atoms with Crippen molar-refractivity contribution >= 4 is 23.4 Å². The molecule has 0 aliphatic carbocycles. The molecule has 0 bridgehead atoms. The van der Waals surface area contributed by atoms with E-state index in [4.69, 9.17) is 5.73 Å². The molecule has 2 heterocycles. The van der Waals surface area contributed by atoms with Gasteiger partial charge in [-0.15, -0.1) is 0 Å². The third-order valence-corrected chi connectivity index (χ3v) is 4.77. The second kappa shape index (κ2) is 11.1. The number of pyridine rings is 2. The van der Waals surface area contributed by atoms with Crippen molar-refractivity contribution in [3.05, 3.63) is 82.8 Å². The summed E-state index contributed by atoms with van der Waals surface area (Å²) in [6, 6.07) is 8.32. The number of nitrogen functional groups attached to an aromatic ring is 1. The monoisotopic (exact) mass is 486 g/mol. The molecule has 1 atom stereocenters. The van der Waals surface area contributed by atoms with Crippen LogP contribution in [0.2, 0.25) is 0 Å². The minimum Gasteiger partial charge on any atom is -0.465 e. The minimum absolute atomic E-state index is 0.0126. The Hall–Kier alpha value is -4.46. The molecule has 3 rings (SSSR count). The van der Waals surface area contributed by atoms with Crippen molar-refractivity contribution in [2.45, 2.75) is 18.8 Å². The third-order valence-electron chi connectivity index (χ3n) is 4.77. The zero-order valence-electron chi connectivity index (χ0n) is 18.2. The van der Waals surface area contributed by atoms with Crippen LogP contribution in [-0.2, 0) is 9.53 Å². The molecule has 3 aromatic rings. The Morgan fingerprint density at radius 2 is 1.83 bits per heavy atom. The van der Waals surface area contributed by atoms with Crippen molar-refractivity contribution in [1.29, 1.82) is 0 Å². The topological polar surface area (TPSA) is 107 Å². The lowest BCUT2D eigenvalue weighted by Gasteiger charge is -2.16. The lowest BCUT2D eigenvalue weighted by Crippen LogP contribution is -2.23. The highest BCUT2D eigenvalue weighted by atomic mass is 19.3. The molecule has 0 saturated carbocycles. The number of esters is 1. The largest absolute Gasteiger partial charge is 0.465 e. The van der Waals surface area contributed by atoms with Crippen LogP contribution in [0.15, 0.2) is 48.7 Å². The number of benzene rings is 1. The van der Waals surface area contributed by atoms with Crippen LogP contribution in [0.25, 0.3) is 0 Å². The van der Waals surface area contributed by atoms with E-state index < -0.39 is 42.4 Å². The minimum atomic E-state index is -2.78. The fraction of sp³-hybridized carbons (Fsp3) is 0.167. The van der Waals surface area contributed by atoms with E-state index >= 15 is 0 Å². The van der Waals surface area contributed by atoms with E-state index in [-0.39, 0.29) is 28.3 Å². The smallest absolute Gasteiger partial charge is 0.340 e. The lowest BCUT2D eigenvalue weighted by atomic mass is 9.95. The van der Waals surface area contributed by atoms with Crippen LogP contribution >= 0.6 is 0 Å². The van der Waals surface area contributed by atoms with Crippen molar-refractivity contribution in [2.75, 3.05) is 18.2 Å². The van der Waals surface area contributed by atoms with Gasteiger partial charge >= 0.3 is 5.97 Å². The van der Waals surface area contributed by atoms with Gasteiger partial charge in [-0.05, 0) is 35.7 Å². The average molecular weight is 486 g/mol. The number of nitrogens with one attached hydrogen (secondary N) is 1. The first-order valence-electron chi connectivity index (χ1n) is 10.0. The highest BCUT2D eigenvalue weighted by molar-refractivity contribution is 5.96. The first-order chi connectivity index (χ1) is 16.7.